The number of thioether (sulfide) groups is 1. The number of benzene rings is 2. The Morgan fingerprint density at radius 2 is 2.11 bits per heavy atom. The highest BCUT2D eigenvalue weighted by Gasteiger charge is 2.35. The normalized spacial score (nSPS) is 19.4. The average Bonchev–Trinajstić information content (AvgIpc) is 3.14. The smallest absolute Gasteiger partial charge is 0.265 e. The Kier molecular flexibility index (Phi) is 5.12. The number of nitrogens with one attached hydrogen (secondary N) is 1. The van der Waals surface area contributed by atoms with Gasteiger partial charge < -0.3 is 11.1 Å². The lowest BCUT2D eigenvalue weighted by atomic mass is 9.84. The maximum atomic E-state index is 14.7. The fraction of sp³-hybridized carbons (Fsp3) is 0.238. The molecule has 2 heterocycles. The van der Waals surface area contributed by atoms with Crippen molar-refractivity contribution in [1.82, 2.24) is 0 Å². The number of amidine groups is 1. The van der Waals surface area contributed by atoms with Crippen LogP contribution in [-0.4, -0.2) is 16.8 Å². The van der Waals surface area contributed by atoms with E-state index in [1.807, 2.05) is 37.3 Å². The number of carbonyl (C=O) groups is 1. The summed E-state index contributed by atoms with van der Waals surface area (Å²) in [6.07, 6.45) is 1.35. The van der Waals surface area contributed by atoms with E-state index in [2.05, 4.69) is 10.3 Å². The van der Waals surface area contributed by atoms with Crippen LogP contribution in [0, 0.1) is 5.82 Å². The number of nitrogens with two attached hydrogens (primary N) is 1. The summed E-state index contributed by atoms with van der Waals surface area (Å²) in [5, 5.41) is 4.41. The quantitative estimate of drug-likeness (QED) is 0.606. The molecule has 4 rings (SSSR count). The Hall–Kier alpha value is -2.38. The molecule has 0 bridgehead atoms. The number of hydrogen-bond donors (Lipinski definition) is 2. The van der Waals surface area contributed by atoms with Crippen LogP contribution >= 0.6 is 23.1 Å². The molecule has 0 saturated carbocycles. The lowest BCUT2D eigenvalue weighted by molar-refractivity contribution is 0.103. The number of carbonyl (C=O) groups excluding carboxylic acids is 1. The summed E-state index contributed by atoms with van der Waals surface area (Å²) >= 11 is 2.92. The van der Waals surface area contributed by atoms with Crippen molar-refractivity contribution in [2.75, 3.05) is 11.1 Å². The lowest BCUT2D eigenvalue weighted by Crippen LogP contribution is -2.32. The van der Waals surface area contributed by atoms with Gasteiger partial charge in [-0.1, -0.05) is 36.9 Å². The van der Waals surface area contributed by atoms with E-state index in [1.165, 1.54) is 29.2 Å². The van der Waals surface area contributed by atoms with E-state index >= 15 is 0 Å². The fourth-order valence-electron chi connectivity index (χ4n) is 3.51. The van der Waals surface area contributed by atoms with Crippen LogP contribution in [0.4, 0.5) is 10.1 Å². The minimum atomic E-state index is -0.683. The highest BCUT2D eigenvalue weighted by Crippen LogP contribution is 2.40. The molecule has 1 unspecified atom stereocenters. The monoisotopic (exact) mass is 413 g/mol. The minimum Gasteiger partial charge on any atom is -0.379 e. The fourth-order valence-corrected chi connectivity index (χ4v) is 5.36. The van der Waals surface area contributed by atoms with Crippen molar-refractivity contribution in [1.29, 1.82) is 0 Å². The predicted molar refractivity (Wildman–Crippen MR) is 117 cm³/mol. The third kappa shape index (κ3) is 3.52. The molecule has 7 heteroatoms. The van der Waals surface area contributed by atoms with Gasteiger partial charge in [0.15, 0.2) is 5.17 Å². The van der Waals surface area contributed by atoms with Gasteiger partial charge in [-0.15, -0.1) is 11.3 Å². The van der Waals surface area contributed by atoms with Gasteiger partial charge in [-0.05, 0) is 48.6 Å². The van der Waals surface area contributed by atoms with Crippen molar-refractivity contribution in [2.45, 2.75) is 25.3 Å². The van der Waals surface area contributed by atoms with Crippen molar-refractivity contribution in [3.05, 3.63) is 64.8 Å². The van der Waals surface area contributed by atoms with Gasteiger partial charge in [0.1, 0.15) is 5.82 Å². The maximum Gasteiger partial charge on any atom is 0.265 e. The van der Waals surface area contributed by atoms with Gasteiger partial charge in [0, 0.05) is 21.7 Å². The molecule has 4 nitrogen and oxygen atoms in total. The number of fused-ring (bicyclic) bond motifs is 1. The van der Waals surface area contributed by atoms with Crippen molar-refractivity contribution >= 4 is 49.9 Å². The maximum absolute atomic E-state index is 14.7. The van der Waals surface area contributed by atoms with Crippen LogP contribution in [0.5, 0.6) is 0 Å². The molecule has 3 N–H and O–H groups in total. The highest BCUT2D eigenvalue weighted by atomic mass is 32.2. The lowest BCUT2D eigenvalue weighted by Gasteiger charge is -2.33. The van der Waals surface area contributed by atoms with Gasteiger partial charge in [0.05, 0.1) is 10.4 Å². The van der Waals surface area contributed by atoms with E-state index in [1.54, 1.807) is 12.1 Å². The molecule has 0 radical (unpaired) electrons. The number of amides is 1. The minimum absolute atomic E-state index is 0.202. The number of rotatable bonds is 4. The number of halogens is 1. The van der Waals surface area contributed by atoms with Gasteiger partial charge in [-0.25, -0.2) is 4.39 Å². The zero-order valence-electron chi connectivity index (χ0n) is 15.4. The molecular formula is C21H20FN3OS2. The summed E-state index contributed by atoms with van der Waals surface area (Å²) in [6, 6.07) is 14.4. The average molecular weight is 414 g/mol. The molecule has 28 heavy (non-hydrogen) atoms. The Labute approximate surface area is 171 Å². The van der Waals surface area contributed by atoms with Gasteiger partial charge in [-0.2, -0.15) is 0 Å². The molecule has 1 aliphatic heterocycles. The Morgan fingerprint density at radius 3 is 2.86 bits per heavy atom. The van der Waals surface area contributed by atoms with Gasteiger partial charge >= 0.3 is 0 Å². The van der Waals surface area contributed by atoms with Crippen LogP contribution in [0.15, 0.2) is 53.5 Å². The molecule has 1 aliphatic rings. The van der Waals surface area contributed by atoms with E-state index in [0.717, 1.165) is 15.8 Å². The Bertz CT molecular complexity index is 1050. The summed E-state index contributed by atoms with van der Waals surface area (Å²) in [4.78, 5) is 17.9. The topological polar surface area (TPSA) is 67.5 Å². The molecule has 1 atom stereocenters. The molecule has 144 valence electrons. The zero-order chi connectivity index (χ0) is 19.7. The predicted octanol–water partition coefficient (Wildman–Crippen LogP) is 5.35. The summed E-state index contributed by atoms with van der Waals surface area (Å²) in [5.41, 5.74) is 6.28. The van der Waals surface area contributed by atoms with Gasteiger partial charge in [0.25, 0.3) is 5.91 Å². The van der Waals surface area contributed by atoms with Gasteiger partial charge in [0.2, 0.25) is 0 Å². The second-order valence-electron chi connectivity index (χ2n) is 6.73. The largest absolute Gasteiger partial charge is 0.379 e. The van der Waals surface area contributed by atoms with Crippen molar-refractivity contribution in [3.63, 3.8) is 0 Å². The first-order valence-corrected chi connectivity index (χ1v) is 10.9. The van der Waals surface area contributed by atoms with Crippen LogP contribution in [0.1, 0.15) is 35.0 Å². The first kappa shape index (κ1) is 19.0. The SMILES string of the molecule is CCC1(c2cc(NC(=O)c3cc4ccccc4s3)ccc2F)CCSC(N)=N1. The van der Waals surface area contributed by atoms with Crippen LogP contribution in [0.3, 0.4) is 0 Å². The van der Waals surface area contributed by atoms with E-state index in [4.69, 9.17) is 5.73 Å². The van der Waals surface area contributed by atoms with Crippen LogP contribution < -0.4 is 11.1 Å². The summed E-state index contributed by atoms with van der Waals surface area (Å²) in [7, 11) is 0. The van der Waals surface area contributed by atoms with Crippen LogP contribution in [0.25, 0.3) is 10.1 Å². The Balaban J connectivity index is 1.65. The second-order valence-corrected chi connectivity index (χ2v) is 8.93. The van der Waals surface area contributed by atoms with E-state index < -0.39 is 5.54 Å². The number of anilines is 1. The number of hydrogen-bond acceptors (Lipinski definition) is 5. The number of aliphatic imine (C=N–C) groups is 1. The molecule has 2 aromatic carbocycles. The molecule has 1 aromatic heterocycles. The summed E-state index contributed by atoms with van der Waals surface area (Å²) in [5.74, 6) is 0.262. The standard InChI is InChI=1S/C21H20FN3OS2/c1-2-21(9-10-27-20(23)25-21)15-12-14(7-8-16(15)22)24-19(26)18-11-13-5-3-4-6-17(13)28-18/h3-8,11-12H,2,9-10H2,1H3,(H2,23,25)(H,24,26). The van der Waals surface area contributed by atoms with Crippen molar-refractivity contribution < 1.29 is 9.18 Å². The molecule has 0 spiro atoms. The molecule has 1 amide bonds. The number of thiophene rings is 1. The molecule has 3 aromatic rings. The van der Waals surface area contributed by atoms with Crippen LogP contribution in [-0.2, 0) is 5.54 Å². The van der Waals surface area contributed by atoms with E-state index in [0.29, 0.717) is 34.1 Å². The summed E-state index contributed by atoms with van der Waals surface area (Å²) < 4.78 is 15.7. The first-order chi connectivity index (χ1) is 13.5. The third-order valence-electron chi connectivity index (χ3n) is 5.05. The first-order valence-electron chi connectivity index (χ1n) is 9.09. The third-order valence-corrected chi connectivity index (χ3v) is 6.96. The second kappa shape index (κ2) is 7.56. The van der Waals surface area contributed by atoms with Crippen molar-refractivity contribution in [3.8, 4) is 0 Å². The zero-order valence-corrected chi connectivity index (χ0v) is 17.0. The van der Waals surface area contributed by atoms with Gasteiger partial charge in [-0.3, -0.25) is 9.79 Å². The molecule has 0 fully saturated rings. The van der Waals surface area contributed by atoms with Crippen molar-refractivity contribution in [2.24, 2.45) is 10.7 Å². The molecule has 0 saturated heterocycles. The van der Waals surface area contributed by atoms with E-state index in [9.17, 15) is 9.18 Å². The summed E-state index contributed by atoms with van der Waals surface area (Å²) in [6.45, 7) is 1.98. The van der Waals surface area contributed by atoms with Crippen LogP contribution in [0.2, 0.25) is 0 Å². The highest BCUT2D eigenvalue weighted by molar-refractivity contribution is 8.13. The molecule has 0 aliphatic carbocycles. The Morgan fingerprint density at radius 1 is 1.29 bits per heavy atom. The number of nitrogens with zero attached hydrogens (tertiary/aromatic N) is 1. The molecular weight excluding hydrogens is 393 g/mol. The van der Waals surface area contributed by atoms with E-state index in [-0.39, 0.29) is 11.7 Å².